The quantitative estimate of drug-likeness (QED) is 0.525. The van der Waals surface area contributed by atoms with Crippen molar-refractivity contribution in [1.29, 1.82) is 5.26 Å². The fraction of sp³-hybridized carbons (Fsp3) is 0.833. The first-order valence-electron chi connectivity index (χ1n) is 6.04. The van der Waals surface area contributed by atoms with Crippen molar-refractivity contribution in [3.8, 4) is 6.07 Å². The summed E-state index contributed by atoms with van der Waals surface area (Å²) >= 11 is 0. The number of ether oxygens (including phenoxy) is 1. The highest BCUT2D eigenvalue weighted by molar-refractivity contribution is 5.72. The maximum atomic E-state index is 11.5. The van der Waals surface area contributed by atoms with E-state index in [-0.39, 0.29) is 11.9 Å². The Morgan fingerprint density at radius 1 is 1.50 bits per heavy atom. The summed E-state index contributed by atoms with van der Waals surface area (Å²) in [6.45, 7) is 5.20. The van der Waals surface area contributed by atoms with Crippen LogP contribution in [0, 0.1) is 17.2 Å². The van der Waals surface area contributed by atoms with E-state index in [1.807, 2.05) is 6.92 Å². The smallest absolute Gasteiger partial charge is 0.309 e. The molecule has 0 radical (unpaired) electrons. The largest absolute Gasteiger partial charge is 0.466 e. The normalized spacial score (nSPS) is 18.0. The Bertz CT molecular complexity index is 252. The monoisotopic (exact) mass is 224 g/mol. The van der Waals surface area contributed by atoms with Gasteiger partial charge in [0.15, 0.2) is 0 Å². The predicted molar refractivity (Wildman–Crippen MR) is 60.6 cm³/mol. The lowest BCUT2D eigenvalue weighted by Gasteiger charge is -2.30. The molecule has 90 valence electrons. The average Bonchev–Trinajstić information content (AvgIpc) is 2.30. The third kappa shape index (κ3) is 4.19. The number of carbonyl (C=O) groups excluding carboxylic acids is 1. The molecular weight excluding hydrogens is 204 g/mol. The van der Waals surface area contributed by atoms with Gasteiger partial charge in [-0.3, -0.25) is 4.79 Å². The van der Waals surface area contributed by atoms with Crippen LogP contribution in [0.3, 0.4) is 0 Å². The van der Waals surface area contributed by atoms with Crippen LogP contribution in [0.5, 0.6) is 0 Å². The lowest BCUT2D eigenvalue weighted by atomic mass is 9.97. The van der Waals surface area contributed by atoms with E-state index in [9.17, 15) is 4.79 Å². The fourth-order valence-electron chi connectivity index (χ4n) is 2.03. The minimum atomic E-state index is -0.0424. The molecule has 0 aromatic rings. The van der Waals surface area contributed by atoms with Crippen molar-refractivity contribution in [2.24, 2.45) is 5.92 Å². The van der Waals surface area contributed by atoms with Crippen LogP contribution in [0.25, 0.3) is 0 Å². The van der Waals surface area contributed by atoms with Gasteiger partial charge in [-0.2, -0.15) is 5.26 Å². The molecule has 4 heteroatoms. The molecule has 0 saturated carbocycles. The highest BCUT2D eigenvalue weighted by atomic mass is 16.5. The zero-order valence-corrected chi connectivity index (χ0v) is 9.95. The maximum Gasteiger partial charge on any atom is 0.309 e. The predicted octanol–water partition coefficient (Wildman–Crippen LogP) is 1.57. The van der Waals surface area contributed by atoms with Gasteiger partial charge in [-0.1, -0.05) is 0 Å². The number of piperidine rings is 1. The van der Waals surface area contributed by atoms with Gasteiger partial charge in [-0.25, -0.2) is 0 Å². The van der Waals surface area contributed by atoms with Gasteiger partial charge in [0, 0.05) is 6.42 Å². The first-order valence-corrected chi connectivity index (χ1v) is 6.04. The summed E-state index contributed by atoms with van der Waals surface area (Å²) in [5.74, 6) is 0.0475. The molecule has 1 heterocycles. The maximum absolute atomic E-state index is 11.5. The molecule has 1 aliphatic heterocycles. The fourth-order valence-corrected chi connectivity index (χ4v) is 2.03. The highest BCUT2D eigenvalue weighted by Crippen LogP contribution is 2.18. The number of unbranched alkanes of at least 4 members (excludes halogenated alkanes) is 1. The summed E-state index contributed by atoms with van der Waals surface area (Å²) in [7, 11) is 0. The van der Waals surface area contributed by atoms with Crippen molar-refractivity contribution >= 4 is 5.97 Å². The molecule has 0 amide bonds. The van der Waals surface area contributed by atoms with E-state index in [1.165, 1.54) is 0 Å². The van der Waals surface area contributed by atoms with Crippen LogP contribution in [0.1, 0.15) is 32.6 Å². The highest BCUT2D eigenvalue weighted by Gasteiger charge is 2.25. The Hall–Kier alpha value is -1.08. The van der Waals surface area contributed by atoms with E-state index >= 15 is 0 Å². The number of hydrogen-bond acceptors (Lipinski definition) is 4. The summed E-state index contributed by atoms with van der Waals surface area (Å²) in [6, 6.07) is 2.15. The SMILES string of the molecule is CCOC(=O)C1CCN(CCCC#N)CC1. The molecule has 1 aliphatic rings. The Morgan fingerprint density at radius 3 is 2.75 bits per heavy atom. The molecule has 1 saturated heterocycles. The molecule has 4 nitrogen and oxygen atoms in total. The number of carbonyl (C=O) groups is 1. The molecule has 0 aliphatic carbocycles. The Balaban J connectivity index is 2.18. The standard InChI is InChI=1S/C12H20N2O2/c1-2-16-12(15)11-5-9-14(10-6-11)8-4-3-7-13/h11H,2-6,8-10H2,1H3. The van der Waals surface area contributed by atoms with E-state index in [2.05, 4.69) is 11.0 Å². The summed E-state index contributed by atoms with van der Waals surface area (Å²) in [5, 5.41) is 8.44. The first kappa shape index (κ1) is 13.0. The zero-order valence-electron chi connectivity index (χ0n) is 9.95. The Labute approximate surface area is 97.2 Å². The van der Waals surface area contributed by atoms with Gasteiger partial charge in [-0.15, -0.1) is 0 Å². The summed E-state index contributed by atoms with van der Waals surface area (Å²) < 4.78 is 5.01. The van der Waals surface area contributed by atoms with E-state index < -0.39 is 0 Å². The van der Waals surface area contributed by atoms with Crippen molar-refractivity contribution in [2.45, 2.75) is 32.6 Å². The number of nitriles is 1. The van der Waals surface area contributed by atoms with Gasteiger partial charge in [-0.05, 0) is 45.8 Å². The Kier molecular flexibility index (Phi) is 5.87. The van der Waals surface area contributed by atoms with Crippen LogP contribution in [0.15, 0.2) is 0 Å². The van der Waals surface area contributed by atoms with Gasteiger partial charge in [0.05, 0.1) is 18.6 Å². The second kappa shape index (κ2) is 7.24. The molecule has 0 unspecified atom stereocenters. The van der Waals surface area contributed by atoms with Crippen LogP contribution < -0.4 is 0 Å². The molecule has 16 heavy (non-hydrogen) atoms. The van der Waals surface area contributed by atoms with Gasteiger partial charge in [0.2, 0.25) is 0 Å². The summed E-state index contributed by atoms with van der Waals surface area (Å²) in [4.78, 5) is 13.8. The third-order valence-electron chi connectivity index (χ3n) is 2.97. The minimum Gasteiger partial charge on any atom is -0.466 e. The molecule has 1 fully saturated rings. The molecule has 0 N–H and O–H groups in total. The van der Waals surface area contributed by atoms with Gasteiger partial charge < -0.3 is 9.64 Å². The topological polar surface area (TPSA) is 53.3 Å². The number of nitrogens with zero attached hydrogens (tertiary/aromatic N) is 2. The molecular formula is C12H20N2O2. The lowest BCUT2D eigenvalue weighted by molar-refractivity contribution is -0.149. The van der Waals surface area contributed by atoms with Crippen LogP contribution in [0.4, 0.5) is 0 Å². The summed E-state index contributed by atoms with van der Waals surface area (Å²) in [5.41, 5.74) is 0. The van der Waals surface area contributed by atoms with Crippen molar-refractivity contribution in [3.05, 3.63) is 0 Å². The zero-order chi connectivity index (χ0) is 11.8. The molecule has 0 spiro atoms. The van der Waals surface area contributed by atoms with Crippen molar-refractivity contribution in [3.63, 3.8) is 0 Å². The first-order chi connectivity index (χ1) is 7.77. The molecule has 1 rings (SSSR count). The van der Waals surface area contributed by atoms with E-state index in [1.54, 1.807) is 0 Å². The van der Waals surface area contributed by atoms with E-state index in [0.29, 0.717) is 13.0 Å². The average molecular weight is 224 g/mol. The number of esters is 1. The number of likely N-dealkylation sites (tertiary alicyclic amines) is 1. The van der Waals surface area contributed by atoms with Crippen LogP contribution in [0.2, 0.25) is 0 Å². The molecule has 0 aromatic carbocycles. The van der Waals surface area contributed by atoms with Crippen molar-refractivity contribution in [2.75, 3.05) is 26.2 Å². The van der Waals surface area contributed by atoms with Crippen LogP contribution in [-0.2, 0) is 9.53 Å². The Morgan fingerprint density at radius 2 is 2.19 bits per heavy atom. The third-order valence-corrected chi connectivity index (χ3v) is 2.97. The van der Waals surface area contributed by atoms with Crippen molar-refractivity contribution < 1.29 is 9.53 Å². The van der Waals surface area contributed by atoms with E-state index in [0.717, 1.165) is 38.9 Å². The number of hydrogen-bond donors (Lipinski definition) is 0. The second-order valence-electron chi connectivity index (χ2n) is 4.13. The van der Waals surface area contributed by atoms with Crippen LogP contribution >= 0.6 is 0 Å². The van der Waals surface area contributed by atoms with Crippen LogP contribution in [-0.4, -0.2) is 37.1 Å². The van der Waals surface area contributed by atoms with E-state index in [4.69, 9.17) is 10.00 Å². The lowest BCUT2D eigenvalue weighted by Crippen LogP contribution is -2.37. The second-order valence-corrected chi connectivity index (χ2v) is 4.13. The summed E-state index contributed by atoms with van der Waals surface area (Å²) in [6.07, 6.45) is 3.34. The molecule has 0 atom stereocenters. The minimum absolute atomic E-state index is 0.0424. The molecule has 0 aromatic heterocycles. The van der Waals surface area contributed by atoms with Gasteiger partial charge in [0.25, 0.3) is 0 Å². The van der Waals surface area contributed by atoms with Gasteiger partial charge >= 0.3 is 5.97 Å². The van der Waals surface area contributed by atoms with Crippen molar-refractivity contribution in [1.82, 2.24) is 4.90 Å². The van der Waals surface area contributed by atoms with Gasteiger partial charge in [0.1, 0.15) is 0 Å². The molecule has 0 bridgehead atoms. The number of rotatable bonds is 5.